The van der Waals surface area contributed by atoms with Crippen LogP contribution < -0.4 is 4.72 Å². The lowest BCUT2D eigenvalue weighted by Crippen LogP contribution is -2.39. The van der Waals surface area contributed by atoms with Gasteiger partial charge in [-0.3, -0.25) is 9.52 Å². The lowest BCUT2D eigenvalue weighted by Gasteiger charge is -2.21. The first-order valence-corrected chi connectivity index (χ1v) is 7.68. The molecule has 1 amide bonds. The molecule has 1 heterocycles. The molecule has 18 heavy (non-hydrogen) atoms. The Labute approximate surface area is 107 Å². The molecule has 5 nitrogen and oxygen atoms in total. The Bertz CT molecular complexity index is 486. The molecule has 1 aromatic rings. The van der Waals surface area contributed by atoms with Crippen LogP contribution in [-0.2, 0) is 21.2 Å². The minimum atomic E-state index is -3.52. The zero-order valence-corrected chi connectivity index (χ0v) is 10.9. The fourth-order valence-corrected chi connectivity index (χ4v) is 3.74. The largest absolute Gasteiger partial charge is 0.472 e. The Kier molecular flexibility index (Phi) is 4.06. The molecule has 2 rings (SSSR count). The van der Waals surface area contributed by atoms with E-state index in [4.69, 9.17) is 4.42 Å². The third kappa shape index (κ3) is 3.35. The SMILES string of the molecule is O=C(Cc1ccoc1)NS(=O)(=O)C1CCCCC1. The van der Waals surface area contributed by atoms with E-state index in [1.54, 1.807) is 6.07 Å². The van der Waals surface area contributed by atoms with Crippen LogP contribution in [0.2, 0.25) is 0 Å². The molecule has 1 saturated carbocycles. The molecule has 1 aliphatic carbocycles. The third-order valence-corrected chi connectivity index (χ3v) is 5.05. The van der Waals surface area contributed by atoms with Crippen molar-refractivity contribution in [3.63, 3.8) is 0 Å². The van der Waals surface area contributed by atoms with Gasteiger partial charge < -0.3 is 4.42 Å². The van der Waals surface area contributed by atoms with Crippen LogP contribution in [0.15, 0.2) is 23.0 Å². The van der Waals surface area contributed by atoms with E-state index in [2.05, 4.69) is 4.72 Å². The van der Waals surface area contributed by atoms with Crippen molar-refractivity contribution in [2.45, 2.75) is 43.8 Å². The second-order valence-corrected chi connectivity index (χ2v) is 6.60. The Balaban J connectivity index is 1.93. The Morgan fingerprint density at radius 3 is 2.67 bits per heavy atom. The highest BCUT2D eigenvalue weighted by Gasteiger charge is 2.28. The molecule has 0 radical (unpaired) electrons. The van der Waals surface area contributed by atoms with Crippen LogP contribution in [0.3, 0.4) is 0 Å². The second kappa shape index (κ2) is 5.56. The molecule has 1 aromatic heterocycles. The summed E-state index contributed by atoms with van der Waals surface area (Å²) in [6.45, 7) is 0. The molecule has 1 N–H and O–H groups in total. The molecule has 0 saturated heterocycles. The lowest BCUT2D eigenvalue weighted by atomic mass is 10.0. The molecule has 6 heteroatoms. The van der Waals surface area contributed by atoms with Crippen LogP contribution in [0.25, 0.3) is 0 Å². The van der Waals surface area contributed by atoms with Crippen molar-refractivity contribution >= 4 is 15.9 Å². The zero-order valence-electron chi connectivity index (χ0n) is 10.1. The van der Waals surface area contributed by atoms with E-state index >= 15 is 0 Å². The van der Waals surface area contributed by atoms with Crippen LogP contribution in [0, 0.1) is 0 Å². The zero-order chi connectivity index (χ0) is 13.0. The summed E-state index contributed by atoms with van der Waals surface area (Å²) in [6.07, 6.45) is 7.13. The van der Waals surface area contributed by atoms with Crippen molar-refractivity contribution in [3.05, 3.63) is 24.2 Å². The van der Waals surface area contributed by atoms with Gasteiger partial charge in [-0.15, -0.1) is 0 Å². The maximum atomic E-state index is 12.0. The monoisotopic (exact) mass is 271 g/mol. The standard InChI is InChI=1S/C12H17NO4S/c14-12(8-10-6-7-17-9-10)13-18(15,16)11-4-2-1-3-5-11/h6-7,9,11H,1-5,8H2,(H,13,14). The number of amides is 1. The Morgan fingerprint density at radius 2 is 2.06 bits per heavy atom. The fraction of sp³-hybridized carbons (Fsp3) is 0.583. The van der Waals surface area contributed by atoms with Crippen molar-refractivity contribution in [1.29, 1.82) is 0 Å². The lowest BCUT2D eigenvalue weighted by molar-refractivity contribution is -0.118. The Hall–Kier alpha value is -1.30. The summed E-state index contributed by atoms with van der Waals surface area (Å²) in [6, 6.07) is 1.65. The van der Waals surface area contributed by atoms with Crippen LogP contribution in [0.1, 0.15) is 37.7 Å². The average Bonchev–Trinajstić information content (AvgIpc) is 2.82. The molecule has 0 aromatic carbocycles. The summed E-state index contributed by atoms with van der Waals surface area (Å²) in [7, 11) is -3.52. The van der Waals surface area contributed by atoms with Gasteiger partial charge in [0.1, 0.15) is 0 Å². The summed E-state index contributed by atoms with van der Waals surface area (Å²) in [5, 5.41) is -0.417. The van der Waals surface area contributed by atoms with E-state index in [0.29, 0.717) is 18.4 Å². The van der Waals surface area contributed by atoms with E-state index in [1.807, 2.05) is 0 Å². The van der Waals surface area contributed by atoms with Gasteiger partial charge in [-0.05, 0) is 24.5 Å². The molecule has 1 aliphatic rings. The summed E-state index contributed by atoms with van der Waals surface area (Å²) in [5.74, 6) is -0.498. The highest BCUT2D eigenvalue weighted by atomic mass is 32.2. The third-order valence-electron chi connectivity index (χ3n) is 3.19. The minimum absolute atomic E-state index is 0.0302. The number of carbonyl (C=O) groups is 1. The van der Waals surface area contributed by atoms with Crippen molar-refractivity contribution in [2.24, 2.45) is 0 Å². The number of rotatable bonds is 4. The van der Waals surface area contributed by atoms with Crippen molar-refractivity contribution in [1.82, 2.24) is 4.72 Å². The number of furan rings is 1. The van der Waals surface area contributed by atoms with Crippen LogP contribution in [0.4, 0.5) is 0 Å². The van der Waals surface area contributed by atoms with Gasteiger partial charge in [0.05, 0.1) is 24.2 Å². The first-order valence-electron chi connectivity index (χ1n) is 6.13. The highest BCUT2D eigenvalue weighted by molar-refractivity contribution is 7.90. The topological polar surface area (TPSA) is 76.4 Å². The van der Waals surface area contributed by atoms with Gasteiger partial charge >= 0.3 is 0 Å². The minimum Gasteiger partial charge on any atom is -0.472 e. The van der Waals surface area contributed by atoms with E-state index in [0.717, 1.165) is 19.3 Å². The average molecular weight is 271 g/mol. The fourth-order valence-electron chi connectivity index (χ4n) is 2.23. The molecule has 0 spiro atoms. The van der Waals surface area contributed by atoms with Gasteiger partial charge in [0, 0.05) is 0 Å². The van der Waals surface area contributed by atoms with Gasteiger partial charge in [-0.2, -0.15) is 0 Å². The summed E-state index contributed by atoms with van der Waals surface area (Å²) >= 11 is 0. The summed E-state index contributed by atoms with van der Waals surface area (Å²) < 4.78 is 30.9. The second-order valence-electron chi connectivity index (χ2n) is 4.64. The number of sulfonamides is 1. The van der Waals surface area contributed by atoms with E-state index in [9.17, 15) is 13.2 Å². The van der Waals surface area contributed by atoms with E-state index in [1.165, 1.54) is 12.5 Å². The molecular formula is C12H17NO4S. The van der Waals surface area contributed by atoms with Gasteiger partial charge in [-0.1, -0.05) is 19.3 Å². The maximum Gasteiger partial charge on any atom is 0.237 e. The summed E-state index contributed by atoms with van der Waals surface area (Å²) in [4.78, 5) is 11.6. The highest BCUT2D eigenvalue weighted by Crippen LogP contribution is 2.23. The molecule has 0 unspecified atom stereocenters. The number of hydrogen-bond acceptors (Lipinski definition) is 4. The molecule has 0 aliphatic heterocycles. The number of carbonyl (C=O) groups excluding carboxylic acids is 1. The number of hydrogen-bond donors (Lipinski definition) is 1. The normalized spacial score (nSPS) is 17.6. The number of nitrogens with one attached hydrogen (secondary N) is 1. The molecule has 0 atom stereocenters. The Morgan fingerprint density at radius 1 is 1.33 bits per heavy atom. The van der Waals surface area contributed by atoms with Gasteiger partial charge in [0.15, 0.2) is 0 Å². The first-order chi connectivity index (χ1) is 8.58. The summed E-state index contributed by atoms with van der Waals surface area (Å²) in [5.41, 5.74) is 0.673. The predicted molar refractivity (Wildman–Crippen MR) is 66.3 cm³/mol. The molecule has 100 valence electrons. The quantitative estimate of drug-likeness (QED) is 0.902. The van der Waals surface area contributed by atoms with Crippen LogP contribution >= 0.6 is 0 Å². The van der Waals surface area contributed by atoms with E-state index < -0.39 is 21.2 Å². The van der Waals surface area contributed by atoms with E-state index in [-0.39, 0.29) is 6.42 Å². The maximum absolute atomic E-state index is 12.0. The molecule has 0 bridgehead atoms. The smallest absolute Gasteiger partial charge is 0.237 e. The van der Waals surface area contributed by atoms with Crippen molar-refractivity contribution < 1.29 is 17.6 Å². The van der Waals surface area contributed by atoms with Gasteiger partial charge in [0.25, 0.3) is 0 Å². The van der Waals surface area contributed by atoms with Gasteiger partial charge in [0.2, 0.25) is 15.9 Å². The van der Waals surface area contributed by atoms with Gasteiger partial charge in [-0.25, -0.2) is 8.42 Å². The van der Waals surface area contributed by atoms with Crippen LogP contribution in [-0.4, -0.2) is 19.6 Å². The molecular weight excluding hydrogens is 254 g/mol. The van der Waals surface area contributed by atoms with Crippen molar-refractivity contribution in [2.75, 3.05) is 0 Å². The molecule has 1 fully saturated rings. The predicted octanol–water partition coefficient (Wildman–Crippen LogP) is 1.60. The first kappa shape index (κ1) is 13.1. The van der Waals surface area contributed by atoms with Crippen LogP contribution in [0.5, 0.6) is 0 Å². The van der Waals surface area contributed by atoms with Crippen molar-refractivity contribution in [3.8, 4) is 0 Å².